The largest absolute Gasteiger partial charge is 0.345 e. The molecule has 31 heavy (non-hydrogen) atoms. The van der Waals surface area contributed by atoms with E-state index in [2.05, 4.69) is 59.9 Å². The lowest BCUT2D eigenvalue weighted by Gasteiger charge is -2.23. The first-order chi connectivity index (χ1) is 15.2. The van der Waals surface area contributed by atoms with Crippen molar-refractivity contribution in [3.8, 4) is 0 Å². The Balaban J connectivity index is 1.53. The molecule has 0 aliphatic rings. The Labute approximate surface area is 183 Å². The number of carbonyl (C=O) groups excluding carboxylic acids is 1. The van der Waals surface area contributed by atoms with E-state index in [1.807, 2.05) is 48.5 Å². The van der Waals surface area contributed by atoms with Gasteiger partial charge in [0.2, 0.25) is 0 Å². The molecule has 0 saturated heterocycles. The number of nitrogens with one attached hydrogen (secondary N) is 1. The number of urea groups is 1. The molecule has 0 bridgehead atoms. The van der Waals surface area contributed by atoms with Crippen molar-refractivity contribution in [2.45, 2.75) is 20.0 Å². The van der Waals surface area contributed by atoms with Gasteiger partial charge in [-0.05, 0) is 41.6 Å². The molecule has 1 heterocycles. The van der Waals surface area contributed by atoms with Crippen molar-refractivity contribution in [1.82, 2.24) is 9.47 Å². The van der Waals surface area contributed by atoms with Crippen LogP contribution >= 0.6 is 0 Å². The third kappa shape index (κ3) is 4.69. The van der Waals surface area contributed by atoms with Crippen LogP contribution in [0.15, 0.2) is 97.7 Å². The van der Waals surface area contributed by atoms with E-state index in [1.165, 1.54) is 11.1 Å². The molecule has 4 heteroatoms. The average molecular weight is 410 g/mol. The topological polar surface area (TPSA) is 37.3 Å². The highest BCUT2D eigenvalue weighted by atomic mass is 16.2. The van der Waals surface area contributed by atoms with Gasteiger partial charge in [-0.25, -0.2) is 4.79 Å². The summed E-state index contributed by atoms with van der Waals surface area (Å²) in [6.45, 7) is 7.71. The van der Waals surface area contributed by atoms with Crippen LogP contribution in [0.2, 0.25) is 0 Å². The Hall–Kier alpha value is -3.79. The highest BCUT2D eigenvalue weighted by molar-refractivity contribution is 6.01. The molecule has 1 N–H and O–H groups in total. The normalized spacial score (nSPS) is 10.7. The van der Waals surface area contributed by atoms with Crippen LogP contribution < -0.4 is 5.32 Å². The fraction of sp³-hybridized carbons (Fsp3) is 0.148. The standard InChI is InChI=1S/C27H27N3O/c1-3-17-30(27(31)28-26-16-8-13-22-11-6-7-15-25(22)26)20-24-14-9-18-29(24)19-23-12-5-4-10-21(23)2/h3-16,18H,1,17,19-20H2,2H3,(H,28,31). The summed E-state index contributed by atoms with van der Waals surface area (Å²) in [5, 5.41) is 5.22. The summed E-state index contributed by atoms with van der Waals surface area (Å²) >= 11 is 0. The molecule has 2 amide bonds. The molecule has 3 aromatic carbocycles. The second kappa shape index (κ2) is 9.35. The molecular weight excluding hydrogens is 382 g/mol. The fourth-order valence-corrected chi connectivity index (χ4v) is 3.82. The number of rotatable bonds is 7. The average Bonchev–Trinajstić information content (AvgIpc) is 3.22. The van der Waals surface area contributed by atoms with E-state index < -0.39 is 0 Å². The summed E-state index contributed by atoms with van der Waals surface area (Å²) in [6.07, 6.45) is 3.83. The van der Waals surface area contributed by atoms with Gasteiger partial charge in [0, 0.05) is 30.4 Å². The number of amides is 2. The molecule has 0 saturated carbocycles. The Morgan fingerprint density at radius 1 is 1.00 bits per heavy atom. The van der Waals surface area contributed by atoms with E-state index in [0.29, 0.717) is 13.1 Å². The first-order valence-corrected chi connectivity index (χ1v) is 10.5. The number of aromatic nitrogens is 1. The Morgan fingerprint density at radius 2 is 1.77 bits per heavy atom. The molecule has 0 atom stereocenters. The number of nitrogens with zero attached hydrogens (tertiary/aromatic N) is 2. The molecule has 4 nitrogen and oxygen atoms in total. The highest BCUT2D eigenvalue weighted by Crippen LogP contribution is 2.23. The van der Waals surface area contributed by atoms with Crippen molar-refractivity contribution in [2.24, 2.45) is 0 Å². The maximum absolute atomic E-state index is 13.2. The zero-order valence-electron chi connectivity index (χ0n) is 17.8. The molecule has 0 radical (unpaired) electrons. The van der Waals surface area contributed by atoms with Crippen LogP contribution in [0.3, 0.4) is 0 Å². The van der Waals surface area contributed by atoms with Crippen molar-refractivity contribution < 1.29 is 4.79 Å². The number of fused-ring (bicyclic) bond motifs is 1. The van der Waals surface area contributed by atoms with Crippen LogP contribution in [0, 0.1) is 6.92 Å². The van der Waals surface area contributed by atoms with Gasteiger partial charge in [0.05, 0.1) is 12.2 Å². The smallest absolute Gasteiger partial charge is 0.322 e. The predicted molar refractivity (Wildman–Crippen MR) is 128 cm³/mol. The quantitative estimate of drug-likeness (QED) is 0.362. The minimum Gasteiger partial charge on any atom is -0.345 e. The molecular formula is C27H27N3O. The van der Waals surface area contributed by atoms with Gasteiger partial charge in [-0.2, -0.15) is 0 Å². The van der Waals surface area contributed by atoms with E-state index in [9.17, 15) is 4.79 Å². The minimum atomic E-state index is -0.139. The van der Waals surface area contributed by atoms with E-state index in [4.69, 9.17) is 0 Å². The monoisotopic (exact) mass is 409 g/mol. The Kier molecular flexibility index (Phi) is 6.18. The number of benzene rings is 3. The molecule has 1 aromatic heterocycles. The Bertz CT molecular complexity index is 1200. The number of aryl methyl sites for hydroxylation is 1. The van der Waals surface area contributed by atoms with Gasteiger partial charge in [-0.1, -0.05) is 66.7 Å². The molecule has 4 aromatic rings. The van der Waals surface area contributed by atoms with Crippen molar-refractivity contribution in [3.05, 3.63) is 115 Å². The first-order valence-electron chi connectivity index (χ1n) is 10.5. The SMILES string of the molecule is C=CCN(Cc1cccn1Cc1ccccc1C)C(=O)Nc1cccc2ccccc12. The van der Waals surface area contributed by atoms with Crippen molar-refractivity contribution >= 4 is 22.5 Å². The molecule has 156 valence electrons. The van der Waals surface area contributed by atoms with Crippen molar-refractivity contribution in [2.75, 3.05) is 11.9 Å². The highest BCUT2D eigenvalue weighted by Gasteiger charge is 2.16. The molecule has 0 spiro atoms. The summed E-state index contributed by atoms with van der Waals surface area (Å²) in [6, 6.07) is 26.3. The second-order valence-corrected chi connectivity index (χ2v) is 7.68. The second-order valence-electron chi connectivity index (χ2n) is 7.68. The van der Waals surface area contributed by atoms with Gasteiger partial charge in [-0.15, -0.1) is 6.58 Å². The van der Waals surface area contributed by atoms with Gasteiger partial charge in [-0.3, -0.25) is 0 Å². The summed E-state index contributed by atoms with van der Waals surface area (Å²) in [5.41, 5.74) is 4.43. The predicted octanol–water partition coefficient (Wildman–Crippen LogP) is 6.22. The summed E-state index contributed by atoms with van der Waals surface area (Å²) in [4.78, 5) is 14.9. The third-order valence-electron chi connectivity index (χ3n) is 5.55. The zero-order valence-corrected chi connectivity index (χ0v) is 17.8. The van der Waals surface area contributed by atoms with E-state index in [-0.39, 0.29) is 6.03 Å². The number of hydrogen-bond acceptors (Lipinski definition) is 1. The van der Waals surface area contributed by atoms with Crippen molar-refractivity contribution in [1.29, 1.82) is 0 Å². The lowest BCUT2D eigenvalue weighted by molar-refractivity contribution is 0.214. The van der Waals surface area contributed by atoms with Crippen LogP contribution in [-0.2, 0) is 13.1 Å². The van der Waals surface area contributed by atoms with Gasteiger partial charge >= 0.3 is 6.03 Å². The van der Waals surface area contributed by atoms with Crippen molar-refractivity contribution in [3.63, 3.8) is 0 Å². The first kappa shape index (κ1) is 20.5. The summed E-state index contributed by atoms with van der Waals surface area (Å²) in [7, 11) is 0. The molecule has 0 unspecified atom stereocenters. The molecule has 0 aliphatic carbocycles. The number of carbonyl (C=O) groups is 1. The number of anilines is 1. The Morgan fingerprint density at radius 3 is 2.61 bits per heavy atom. The van der Waals surface area contributed by atoms with Crippen LogP contribution in [0.5, 0.6) is 0 Å². The van der Waals surface area contributed by atoms with E-state index in [1.54, 1.807) is 11.0 Å². The molecule has 0 fully saturated rings. The molecule has 4 rings (SSSR count). The third-order valence-corrected chi connectivity index (χ3v) is 5.55. The molecule has 0 aliphatic heterocycles. The van der Waals surface area contributed by atoms with Crippen LogP contribution in [-0.4, -0.2) is 22.0 Å². The van der Waals surface area contributed by atoms with Crippen LogP contribution in [0.4, 0.5) is 10.5 Å². The van der Waals surface area contributed by atoms with Crippen LogP contribution in [0.25, 0.3) is 10.8 Å². The van der Waals surface area contributed by atoms with Gasteiger partial charge in [0.15, 0.2) is 0 Å². The lowest BCUT2D eigenvalue weighted by Crippen LogP contribution is -2.35. The number of hydrogen-bond donors (Lipinski definition) is 1. The fourth-order valence-electron chi connectivity index (χ4n) is 3.82. The summed E-state index contributed by atoms with van der Waals surface area (Å²) < 4.78 is 2.20. The van der Waals surface area contributed by atoms with Gasteiger partial charge < -0.3 is 14.8 Å². The minimum absolute atomic E-state index is 0.139. The van der Waals surface area contributed by atoms with Gasteiger partial charge in [0.1, 0.15) is 0 Å². The maximum Gasteiger partial charge on any atom is 0.322 e. The van der Waals surface area contributed by atoms with Crippen LogP contribution in [0.1, 0.15) is 16.8 Å². The zero-order chi connectivity index (χ0) is 21.6. The van der Waals surface area contributed by atoms with Gasteiger partial charge in [0.25, 0.3) is 0 Å². The maximum atomic E-state index is 13.2. The van der Waals surface area contributed by atoms with E-state index in [0.717, 1.165) is 28.7 Å². The summed E-state index contributed by atoms with van der Waals surface area (Å²) in [5.74, 6) is 0. The van der Waals surface area contributed by atoms with E-state index >= 15 is 0 Å². The lowest BCUT2D eigenvalue weighted by atomic mass is 10.1.